The van der Waals surface area contributed by atoms with Crippen LogP contribution in [0.4, 0.5) is 17.6 Å². The summed E-state index contributed by atoms with van der Waals surface area (Å²) in [6, 6.07) is 20.0. The molecule has 4 aromatic rings. The molecule has 0 aliphatic heterocycles. The van der Waals surface area contributed by atoms with Gasteiger partial charge in [0.05, 0.1) is 23.9 Å². The van der Waals surface area contributed by atoms with E-state index in [-0.39, 0.29) is 16.7 Å². The number of hydrogen-bond donors (Lipinski definition) is 1. The van der Waals surface area contributed by atoms with E-state index < -0.39 is 18.5 Å². The van der Waals surface area contributed by atoms with Gasteiger partial charge >= 0.3 is 6.18 Å². The van der Waals surface area contributed by atoms with E-state index in [0.29, 0.717) is 40.1 Å². The molecule has 0 saturated carbocycles. The van der Waals surface area contributed by atoms with Crippen LogP contribution in [0.15, 0.2) is 84.9 Å². The maximum atomic E-state index is 14.3. The predicted octanol–water partition coefficient (Wildman–Crippen LogP) is 8.31. The monoisotopic (exact) mass is 536 g/mol. The van der Waals surface area contributed by atoms with Crippen LogP contribution in [0.3, 0.4) is 0 Å². The van der Waals surface area contributed by atoms with Gasteiger partial charge in [-0.15, -0.1) is 0 Å². The number of carbonyl (C=O) groups is 1. The van der Waals surface area contributed by atoms with Crippen LogP contribution in [0.2, 0.25) is 0 Å². The number of aromatic amines is 1. The van der Waals surface area contributed by atoms with E-state index in [1.807, 2.05) is 6.08 Å². The Bertz CT molecular complexity index is 1470. The SMILES string of the molecule is CC(=O)/C=C/CCCCOc1ccc(C(=C(CC(F)(F)F)c2ccccc2)c2ccc3n[nH]c(F)c3c2)cc1. The Morgan fingerprint density at radius 2 is 1.67 bits per heavy atom. The summed E-state index contributed by atoms with van der Waals surface area (Å²) in [4.78, 5) is 10.9. The average molecular weight is 537 g/mol. The van der Waals surface area contributed by atoms with Crippen LogP contribution < -0.4 is 4.74 Å². The predicted molar refractivity (Wildman–Crippen MR) is 145 cm³/mol. The minimum atomic E-state index is -4.47. The third-order valence-electron chi connectivity index (χ3n) is 6.13. The Morgan fingerprint density at radius 1 is 0.949 bits per heavy atom. The largest absolute Gasteiger partial charge is 0.494 e. The van der Waals surface area contributed by atoms with Crippen molar-refractivity contribution in [2.75, 3.05) is 6.61 Å². The molecule has 3 aromatic carbocycles. The number of benzene rings is 3. The van der Waals surface area contributed by atoms with Crippen molar-refractivity contribution in [1.82, 2.24) is 10.2 Å². The normalized spacial score (nSPS) is 12.6. The molecular weight excluding hydrogens is 508 g/mol. The highest BCUT2D eigenvalue weighted by molar-refractivity contribution is 6.00. The van der Waals surface area contributed by atoms with Crippen LogP contribution in [0, 0.1) is 5.95 Å². The number of alkyl halides is 3. The Morgan fingerprint density at radius 3 is 2.36 bits per heavy atom. The van der Waals surface area contributed by atoms with Crippen LogP contribution in [-0.2, 0) is 4.79 Å². The molecule has 1 N–H and O–H groups in total. The van der Waals surface area contributed by atoms with E-state index >= 15 is 0 Å². The number of ether oxygens (including phenoxy) is 1. The second kappa shape index (κ2) is 12.6. The van der Waals surface area contributed by atoms with Gasteiger partial charge in [-0.2, -0.15) is 22.7 Å². The Kier molecular flexibility index (Phi) is 8.96. The number of nitrogens with zero attached hydrogens (tertiary/aromatic N) is 1. The zero-order valence-corrected chi connectivity index (χ0v) is 21.4. The first-order valence-electron chi connectivity index (χ1n) is 12.6. The Hall–Kier alpha value is -4.20. The van der Waals surface area contributed by atoms with E-state index in [1.54, 1.807) is 72.8 Å². The smallest absolute Gasteiger partial charge is 0.393 e. The van der Waals surface area contributed by atoms with Crippen molar-refractivity contribution < 1.29 is 27.1 Å². The van der Waals surface area contributed by atoms with Gasteiger partial charge in [-0.05, 0) is 84.4 Å². The minimum absolute atomic E-state index is 0.0141. The van der Waals surface area contributed by atoms with Crippen LogP contribution in [0.25, 0.3) is 22.0 Å². The molecule has 39 heavy (non-hydrogen) atoms. The van der Waals surface area contributed by atoms with Gasteiger partial charge in [-0.25, -0.2) is 0 Å². The zero-order valence-electron chi connectivity index (χ0n) is 21.4. The van der Waals surface area contributed by atoms with Gasteiger partial charge in [0.25, 0.3) is 0 Å². The molecule has 0 fully saturated rings. The first-order chi connectivity index (χ1) is 18.7. The molecule has 4 rings (SSSR count). The van der Waals surface area contributed by atoms with Crippen molar-refractivity contribution in [3.63, 3.8) is 0 Å². The molecule has 0 spiro atoms. The van der Waals surface area contributed by atoms with Gasteiger partial charge in [-0.1, -0.05) is 54.6 Å². The molecule has 0 bridgehead atoms. The van der Waals surface area contributed by atoms with Gasteiger partial charge in [0.2, 0.25) is 5.95 Å². The summed E-state index contributed by atoms with van der Waals surface area (Å²) in [5.74, 6) is -0.0464. The summed E-state index contributed by atoms with van der Waals surface area (Å²) < 4.78 is 61.7. The van der Waals surface area contributed by atoms with Crippen molar-refractivity contribution in [2.24, 2.45) is 0 Å². The highest BCUT2D eigenvalue weighted by atomic mass is 19.4. The maximum absolute atomic E-state index is 14.3. The number of fused-ring (bicyclic) bond motifs is 1. The number of unbranched alkanes of at least 4 members (excludes halogenated alkanes) is 2. The summed E-state index contributed by atoms with van der Waals surface area (Å²) in [6.07, 6.45) is 0.182. The lowest BCUT2D eigenvalue weighted by Crippen LogP contribution is -2.10. The summed E-state index contributed by atoms with van der Waals surface area (Å²) >= 11 is 0. The minimum Gasteiger partial charge on any atom is -0.494 e. The Balaban J connectivity index is 1.68. The molecule has 0 aliphatic carbocycles. The van der Waals surface area contributed by atoms with Crippen molar-refractivity contribution in [3.8, 4) is 5.75 Å². The number of halogens is 4. The molecule has 8 heteroatoms. The zero-order chi connectivity index (χ0) is 27.8. The number of aromatic nitrogens is 2. The lowest BCUT2D eigenvalue weighted by molar-refractivity contribution is -0.123. The fraction of sp³-hybridized carbons (Fsp3) is 0.226. The molecule has 202 valence electrons. The van der Waals surface area contributed by atoms with Crippen molar-refractivity contribution in [3.05, 3.63) is 108 Å². The number of carbonyl (C=O) groups excluding carboxylic acids is 1. The quantitative estimate of drug-likeness (QED) is 0.0908. The third-order valence-corrected chi connectivity index (χ3v) is 6.13. The standard InChI is InChI=1S/C31H28F4N2O2/c1-21(38)9-5-2-3-8-18-39-25-15-12-23(13-16-25)29(24-14-17-28-26(19-24)30(32)37-36-28)27(20-31(33,34)35)22-10-6-4-7-11-22/h4-7,9-17,19H,2-3,8,18,20H2,1H3,(H,36,37)/b9-5+,29-27?. The van der Waals surface area contributed by atoms with E-state index in [4.69, 9.17) is 4.74 Å². The van der Waals surface area contributed by atoms with Gasteiger partial charge in [-0.3, -0.25) is 9.89 Å². The molecule has 0 saturated heterocycles. The second-order valence-corrected chi connectivity index (χ2v) is 9.16. The molecule has 1 aromatic heterocycles. The van der Waals surface area contributed by atoms with Gasteiger partial charge in [0.1, 0.15) is 5.75 Å². The number of ketones is 1. The topological polar surface area (TPSA) is 55.0 Å². The molecular formula is C31H28F4N2O2. The first-order valence-corrected chi connectivity index (χ1v) is 12.6. The highest BCUT2D eigenvalue weighted by Crippen LogP contribution is 2.40. The molecule has 0 aliphatic rings. The van der Waals surface area contributed by atoms with Gasteiger partial charge < -0.3 is 4.74 Å². The lowest BCUT2D eigenvalue weighted by Gasteiger charge is -2.19. The second-order valence-electron chi connectivity index (χ2n) is 9.16. The molecule has 4 nitrogen and oxygen atoms in total. The Labute approximate surface area is 224 Å². The van der Waals surface area contributed by atoms with Crippen LogP contribution in [0.1, 0.15) is 49.3 Å². The fourth-order valence-corrected chi connectivity index (χ4v) is 4.35. The number of H-pyrrole nitrogens is 1. The van der Waals surface area contributed by atoms with Crippen LogP contribution in [0.5, 0.6) is 5.75 Å². The van der Waals surface area contributed by atoms with E-state index in [1.165, 1.54) is 13.0 Å². The van der Waals surface area contributed by atoms with E-state index in [2.05, 4.69) is 10.2 Å². The summed E-state index contributed by atoms with van der Waals surface area (Å²) in [7, 11) is 0. The number of nitrogens with one attached hydrogen (secondary N) is 1. The first kappa shape index (κ1) is 27.8. The summed E-state index contributed by atoms with van der Waals surface area (Å²) in [6.45, 7) is 1.97. The van der Waals surface area contributed by atoms with Crippen molar-refractivity contribution >= 4 is 27.8 Å². The lowest BCUT2D eigenvalue weighted by atomic mass is 9.87. The van der Waals surface area contributed by atoms with Gasteiger partial charge in [0.15, 0.2) is 5.78 Å². The summed E-state index contributed by atoms with van der Waals surface area (Å²) in [5.41, 5.74) is 2.23. The van der Waals surface area contributed by atoms with E-state index in [9.17, 15) is 22.4 Å². The average Bonchev–Trinajstić information content (AvgIpc) is 3.28. The van der Waals surface area contributed by atoms with Crippen molar-refractivity contribution in [1.29, 1.82) is 0 Å². The molecule has 0 atom stereocenters. The van der Waals surface area contributed by atoms with Crippen LogP contribution in [-0.4, -0.2) is 28.8 Å². The third kappa shape index (κ3) is 7.66. The van der Waals surface area contributed by atoms with Crippen LogP contribution >= 0.6 is 0 Å². The molecule has 0 amide bonds. The maximum Gasteiger partial charge on any atom is 0.393 e. The molecule has 0 radical (unpaired) electrons. The van der Waals surface area contributed by atoms with Gasteiger partial charge in [0, 0.05) is 0 Å². The number of rotatable bonds is 11. The molecule has 0 unspecified atom stereocenters. The van der Waals surface area contributed by atoms with E-state index in [0.717, 1.165) is 19.3 Å². The molecule has 1 heterocycles. The highest BCUT2D eigenvalue weighted by Gasteiger charge is 2.31. The van der Waals surface area contributed by atoms with Crippen molar-refractivity contribution in [2.45, 2.75) is 38.8 Å². The number of allylic oxidation sites excluding steroid dienone is 3. The fourth-order valence-electron chi connectivity index (χ4n) is 4.35. The summed E-state index contributed by atoms with van der Waals surface area (Å²) in [5, 5.41) is 6.37. The number of hydrogen-bond acceptors (Lipinski definition) is 3.